The zero-order valence-corrected chi connectivity index (χ0v) is 6.10. The quantitative estimate of drug-likeness (QED) is 0.637. The Balaban J connectivity index is 3.07. The van der Waals surface area contributed by atoms with Crippen molar-refractivity contribution in [1.29, 1.82) is 0 Å². The number of ether oxygens (including phenoxy) is 1. The van der Waals surface area contributed by atoms with Gasteiger partial charge < -0.3 is 14.4 Å². The van der Waals surface area contributed by atoms with Crippen molar-refractivity contribution in [2.24, 2.45) is 0 Å². The van der Waals surface area contributed by atoms with Crippen molar-refractivity contribution in [3.05, 3.63) is 17.5 Å². The van der Waals surface area contributed by atoms with Gasteiger partial charge in [-0.25, -0.2) is 9.59 Å². The van der Waals surface area contributed by atoms with E-state index in [1.807, 2.05) is 0 Å². The lowest BCUT2D eigenvalue weighted by atomic mass is 10.2. The van der Waals surface area contributed by atoms with E-state index >= 15 is 0 Å². The summed E-state index contributed by atoms with van der Waals surface area (Å²) >= 11 is 0. The Morgan fingerprint density at radius 1 is 1.67 bits per heavy atom. The molecule has 0 aliphatic heterocycles. The highest BCUT2D eigenvalue weighted by molar-refractivity contribution is 6.00. The maximum atomic E-state index is 10.8. The topological polar surface area (TPSA) is 89.6 Å². The van der Waals surface area contributed by atoms with Gasteiger partial charge in [-0.05, 0) is 0 Å². The molecule has 0 aromatic carbocycles. The van der Waals surface area contributed by atoms with Crippen molar-refractivity contribution in [2.75, 3.05) is 7.11 Å². The first kappa shape index (κ1) is 8.25. The van der Waals surface area contributed by atoms with E-state index in [9.17, 15) is 9.59 Å². The van der Waals surface area contributed by atoms with Crippen molar-refractivity contribution in [1.82, 2.24) is 5.16 Å². The lowest BCUT2D eigenvalue weighted by Gasteiger charge is -1.92. The molecule has 1 aromatic heterocycles. The second-order valence-corrected chi connectivity index (χ2v) is 1.87. The lowest BCUT2D eigenvalue weighted by molar-refractivity contribution is 0.0574. The lowest BCUT2D eigenvalue weighted by Crippen LogP contribution is -2.08. The molecule has 12 heavy (non-hydrogen) atoms. The van der Waals surface area contributed by atoms with E-state index in [0.29, 0.717) is 0 Å². The summed E-state index contributed by atoms with van der Waals surface area (Å²) in [7, 11) is 1.13. The molecule has 6 nitrogen and oxygen atoms in total. The zero-order valence-electron chi connectivity index (χ0n) is 6.10. The van der Waals surface area contributed by atoms with Crippen LogP contribution in [0.1, 0.15) is 20.8 Å². The van der Waals surface area contributed by atoms with Crippen LogP contribution in [-0.2, 0) is 4.74 Å². The molecule has 1 rings (SSSR count). The average Bonchev–Trinajstić information content (AvgIpc) is 2.50. The molecule has 0 unspecified atom stereocenters. The van der Waals surface area contributed by atoms with Crippen molar-refractivity contribution in [2.45, 2.75) is 0 Å². The van der Waals surface area contributed by atoms with Crippen LogP contribution in [0.25, 0.3) is 0 Å². The highest BCUT2D eigenvalue weighted by Crippen LogP contribution is 2.07. The predicted octanol–water partition coefficient (Wildman–Crippen LogP) is 0.159. The summed E-state index contributed by atoms with van der Waals surface area (Å²) < 4.78 is 8.56. The van der Waals surface area contributed by atoms with Gasteiger partial charge in [0.15, 0.2) is 0 Å². The number of carboxylic acid groups (broad SMARTS) is 1. The third-order valence-electron chi connectivity index (χ3n) is 1.18. The maximum absolute atomic E-state index is 10.8. The molecule has 0 saturated carbocycles. The number of carboxylic acids is 1. The molecule has 0 saturated heterocycles. The van der Waals surface area contributed by atoms with Gasteiger partial charge in [-0.1, -0.05) is 5.16 Å². The van der Waals surface area contributed by atoms with Gasteiger partial charge >= 0.3 is 11.9 Å². The highest BCUT2D eigenvalue weighted by atomic mass is 16.5. The number of nitrogens with zero attached hydrogens (tertiary/aromatic N) is 1. The predicted molar refractivity (Wildman–Crippen MR) is 34.8 cm³/mol. The van der Waals surface area contributed by atoms with E-state index in [-0.39, 0.29) is 11.3 Å². The minimum atomic E-state index is -1.28. The molecule has 0 bridgehead atoms. The standard InChI is InChI=1S/C6H5NO5/c1-11-6(10)4-3(5(8)9)2-12-7-4/h2H,1H3,(H,8,9). The van der Waals surface area contributed by atoms with Crippen LogP contribution in [0.4, 0.5) is 0 Å². The van der Waals surface area contributed by atoms with Crippen LogP contribution < -0.4 is 0 Å². The van der Waals surface area contributed by atoms with Crippen LogP contribution >= 0.6 is 0 Å². The van der Waals surface area contributed by atoms with Crippen molar-refractivity contribution in [3.63, 3.8) is 0 Å². The average molecular weight is 171 g/mol. The number of carbonyl (C=O) groups excluding carboxylic acids is 1. The first-order valence-electron chi connectivity index (χ1n) is 2.92. The van der Waals surface area contributed by atoms with Gasteiger partial charge in [-0.2, -0.15) is 0 Å². The number of methoxy groups -OCH3 is 1. The van der Waals surface area contributed by atoms with Gasteiger partial charge in [0.1, 0.15) is 11.8 Å². The number of rotatable bonds is 2. The summed E-state index contributed by atoms with van der Waals surface area (Å²) in [5.41, 5.74) is -0.633. The summed E-state index contributed by atoms with van der Waals surface area (Å²) in [4.78, 5) is 21.2. The Morgan fingerprint density at radius 2 is 2.33 bits per heavy atom. The van der Waals surface area contributed by atoms with Crippen LogP contribution in [0.5, 0.6) is 0 Å². The van der Waals surface area contributed by atoms with E-state index in [0.717, 1.165) is 13.4 Å². The smallest absolute Gasteiger partial charge is 0.361 e. The number of carbonyl (C=O) groups is 2. The van der Waals surface area contributed by atoms with Crippen LogP contribution in [0, 0.1) is 0 Å². The molecule has 0 radical (unpaired) electrons. The third-order valence-corrected chi connectivity index (χ3v) is 1.18. The molecule has 6 heteroatoms. The second-order valence-electron chi connectivity index (χ2n) is 1.87. The first-order chi connectivity index (χ1) is 5.66. The Morgan fingerprint density at radius 3 is 2.83 bits per heavy atom. The molecule has 1 N–H and O–H groups in total. The van der Waals surface area contributed by atoms with E-state index < -0.39 is 11.9 Å². The van der Waals surface area contributed by atoms with E-state index in [1.165, 1.54) is 0 Å². The summed E-state index contributed by atoms with van der Waals surface area (Å²) in [5, 5.41) is 11.7. The molecule has 0 aliphatic carbocycles. The van der Waals surface area contributed by atoms with Crippen molar-refractivity contribution < 1.29 is 24.0 Å². The fourth-order valence-electron chi connectivity index (χ4n) is 0.632. The van der Waals surface area contributed by atoms with Gasteiger partial charge in [0.25, 0.3) is 0 Å². The van der Waals surface area contributed by atoms with Gasteiger partial charge in [-0.15, -0.1) is 0 Å². The number of hydrogen-bond acceptors (Lipinski definition) is 5. The van der Waals surface area contributed by atoms with Gasteiger partial charge in [0.2, 0.25) is 5.69 Å². The molecule has 64 valence electrons. The van der Waals surface area contributed by atoms with Gasteiger partial charge in [0.05, 0.1) is 7.11 Å². The van der Waals surface area contributed by atoms with Gasteiger partial charge in [-0.3, -0.25) is 0 Å². The van der Waals surface area contributed by atoms with E-state index in [1.54, 1.807) is 0 Å². The first-order valence-corrected chi connectivity index (χ1v) is 2.92. The monoisotopic (exact) mass is 171 g/mol. The minimum absolute atomic E-state index is 0.304. The molecule has 1 heterocycles. The second kappa shape index (κ2) is 3.04. The van der Waals surface area contributed by atoms with Crippen LogP contribution in [0.2, 0.25) is 0 Å². The SMILES string of the molecule is COC(=O)c1nocc1C(=O)O. The van der Waals surface area contributed by atoms with E-state index in [2.05, 4.69) is 14.4 Å². The summed E-state index contributed by atoms with van der Waals surface area (Å²) in [6.45, 7) is 0. The minimum Gasteiger partial charge on any atom is -0.477 e. The molecule has 0 fully saturated rings. The Bertz CT molecular complexity index is 315. The van der Waals surface area contributed by atoms with Crippen molar-refractivity contribution in [3.8, 4) is 0 Å². The number of hydrogen-bond donors (Lipinski definition) is 1. The molecular formula is C6H5NO5. The Kier molecular flexibility index (Phi) is 2.09. The largest absolute Gasteiger partial charge is 0.477 e. The number of esters is 1. The maximum Gasteiger partial charge on any atom is 0.361 e. The van der Waals surface area contributed by atoms with Crippen LogP contribution in [0.3, 0.4) is 0 Å². The van der Waals surface area contributed by atoms with E-state index in [4.69, 9.17) is 5.11 Å². The summed E-state index contributed by atoms with van der Waals surface area (Å²) in [6, 6.07) is 0. The number of aromatic carboxylic acids is 1. The Hall–Kier alpha value is -1.85. The molecule has 0 atom stereocenters. The third kappa shape index (κ3) is 1.26. The van der Waals surface area contributed by atoms with Gasteiger partial charge in [0, 0.05) is 0 Å². The normalized spacial score (nSPS) is 9.42. The Labute approximate surface area is 66.7 Å². The van der Waals surface area contributed by atoms with Crippen LogP contribution in [-0.4, -0.2) is 29.3 Å². The summed E-state index contributed by atoms with van der Waals surface area (Å²) in [5.74, 6) is -2.11. The van der Waals surface area contributed by atoms with Crippen molar-refractivity contribution >= 4 is 11.9 Å². The molecule has 0 aliphatic rings. The fourth-order valence-corrected chi connectivity index (χ4v) is 0.632. The molecule has 0 amide bonds. The fraction of sp³-hybridized carbons (Fsp3) is 0.167. The molecular weight excluding hydrogens is 166 g/mol. The number of aromatic nitrogens is 1. The summed E-state index contributed by atoms with van der Waals surface area (Å²) in [6.07, 6.45) is 0.870. The van der Waals surface area contributed by atoms with Crippen LogP contribution in [0.15, 0.2) is 10.8 Å². The highest BCUT2D eigenvalue weighted by Gasteiger charge is 2.21. The molecule has 0 spiro atoms. The zero-order chi connectivity index (χ0) is 9.14. The molecule has 1 aromatic rings.